The number of fused-ring (bicyclic) bond motifs is 3. The Morgan fingerprint density at radius 1 is 0.438 bits per heavy atom. The van der Waals surface area contributed by atoms with Gasteiger partial charge in [-0.3, -0.25) is 43.2 Å². The van der Waals surface area contributed by atoms with Crippen LogP contribution in [-0.4, -0.2) is 204 Å². The maximum atomic E-state index is 12.8. The number of hydrogen-bond acceptors (Lipinski definition) is 27. The molecule has 15 atom stereocenters. The molecule has 0 aromatic heterocycles. The summed E-state index contributed by atoms with van der Waals surface area (Å²) in [6, 6.07) is 0. The summed E-state index contributed by atoms with van der Waals surface area (Å²) in [7, 11) is 0. The highest BCUT2D eigenvalue weighted by Crippen LogP contribution is 2.63. The second kappa shape index (κ2) is 43.1. The lowest BCUT2D eigenvalue weighted by atomic mass is 9.47. The minimum atomic E-state index is -0.681. The Labute approximate surface area is 764 Å². The minimum absolute atomic E-state index is 0.0197. The fraction of sp³-hybridized carbons (Fsp3) is 0.901. The zero-order valence-electron chi connectivity index (χ0n) is 82.6. The topological polar surface area (TPSA) is 328 Å². The summed E-state index contributed by atoms with van der Waals surface area (Å²) in [4.78, 5) is 120. The third-order valence-electron chi connectivity index (χ3n) is 32.4. The zero-order chi connectivity index (χ0) is 94.4. The van der Waals surface area contributed by atoms with E-state index in [1.165, 1.54) is 84.0 Å². The number of carbonyl (C=O) groups excluding carboxylic acids is 10. The molecular weight excluding hydrogens is 1650 g/mol. The molecule has 11 saturated carbocycles. The highest BCUT2D eigenvalue weighted by Gasteiger charge is 2.69. The molecule has 10 bridgehead atoms. The second-order valence-electron chi connectivity index (χ2n) is 45.5. The summed E-state index contributed by atoms with van der Waals surface area (Å²) in [5.74, 6) is 3.23. The van der Waals surface area contributed by atoms with Crippen molar-refractivity contribution in [1.29, 1.82) is 0 Å². The van der Waals surface area contributed by atoms with Crippen LogP contribution in [0.4, 0.5) is 0 Å². The van der Waals surface area contributed by atoms with Crippen molar-refractivity contribution < 1.29 is 128 Å². The first kappa shape index (κ1) is 105. The number of rotatable bonds is 31. The van der Waals surface area contributed by atoms with E-state index in [4.69, 9.17) is 80.5 Å². The molecule has 6 aliphatic heterocycles. The second-order valence-corrected chi connectivity index (χ2v) is 45.5. The average Bonchev–Trinajstić information content (AvgIpc) is 1.66. The highest BCUT2D eigenvalue weighted by molar-refractivity contribution is 5.89. The Balaban J connectivity index is 0.000000163. The molecule has 17 aliphatic rings. The molecule has 0 aromatic carbocycles. The summed E-state index contributed by atoms with van der Waals surface area (Å²) < 4.78 is 96.1. The Kier molecular flexibility index (Phi) is 35.2. The van der Waals surface area contributed by atoms with Crippen molar-refractivity contribution in [2.75, 3.05) is 59.8 Å². The lowest BCUT2D eigenvalue weighted by molar-refractivity contribution is -0.231. The molecule has 27 heteroatoms. The van der Waals surface area contributed by atoms with E-state index in [1.54, 1.807) is 13.8 Å². The molecule has 15 unspecified atom stereocenters. The molecule has 0 radical (unpaired) electrons. The van der Waals surface area contributed by atoms with E-state index in [9.17, 15) is 47.9 Å². The van der Waals surface area contributed by atoms with Crippen molar-refractivity contribution in [3.63, 3.8) is 0 Å². The lowest BCUT2D eigenvalue weighted by Crippen LogP contribution is -2.63. The van der Waals surface area contributed by atoms with Gasteiger partial charge in [0.2, 0.25) is 0 Å². The van der Waals surface area contributed by atoms with Crippen LogP contribution >= 0.6 is 0 Å². The van der Waals surface area contributed by atoms with Gasteiger partial charge in [-0.25, -0.2) is 4.79 Å². The monoisotopic (exact) mass is 1810 g/mol. The number of carbonyl (C=O) groups is 10. The normalized spacial score (nSPS) is 34.5. The SMILES string of the molecule is CCC(C)(C)C(=O)OC1(C(C)C)C2CC3CC(C2)CC1C3.CCC(C)(C)C(=O)OC1COC(=O)C1.CCC(C)(C)C(=O)OC1COC2C(OCOC3C4CC5CC(C4)CC3C5)COC12.CCC(C)(C)C(=O)OC1COC2C(OCOCC(C)(C)C)COC12.CCC(C)(C)C(=O)OCC(=O)OC1C2CC3C1OC(=O)C3C2C(C)=O.CCC1(OC(=O)C(C)(C)CC)CCCC1. The molecule has 0 amide bonds. The summed E-state index contributed by atoms with van der Waals surface area (Å²) >= 11 is 0. The molecule has 730 valence electrons. The van der Waals surface area contributed by atoms with Crippen LogP contribution in [0.15, 0.2) is 0 Å². The molecule has 0 N–H and O–H groups in total. The van der Waals surface area contributed by atoms with Gasteiger partial charge in [-0.05, 0) is 290 Å². The summed E-state index contributed by atoms with van der Waals surface area (Å²) in [6.07, 6.45) is 21.2. The molecule has 17 fully saturated rings. The third kappa shape index (κ3) is 24.6. The predicted octanol–water partition coefficient (Wildman–Crippen LogP) is 16.9. The Morgan fingerprint density at radius 3 is 1.27 bits per heavy atom. The van der Waals surface area contributed by atoms with Crippen LogP contribution < -0.4 is 0 Å². The van der Waals surface area contributed by atoms with Gasteiger partial charge in [0.25, 0.3) is 0 Å². The standard InChI is InChI=1S/C23H36O6.C19H32O2.C18H24O7.C18H32O6.C13H24O2.C10H16O4/c1-4-23(2,3)22(24)29-18-11-26-20-17(10-25-21(18)20)27-12-28-19-15-6-13-5-14(8-15)9-16(19)7-13;1-6-18(4,5)17(20)21-19(12(2)3)15-8-13-7-14(10-15)11-16(19)9-13;1-5-18(3,4)17(22)23-7-11(20)24-14-9-6-10-13(12(9)8(2)19)16(21)25-15(10)14;1-7-18(5,6)16(19)24-13-9-22-14-12(8-21-15(13)14)23-11-20-10-17(2,3)4;1-5-12(3,4)11(14)15-13(6-2)9-7-8-10-13;1-4-10(2,3)9(12)14-7-5-8(11)13-6-7/h13-21H,4-12H2,1-3H3;12-16H,6-11H2,1-5H3;9-10,12-15H,5-7H2,1-4H3;12-15H,7-11H2,1-6H3;5-10H2,1-4H3;7H,4-6H2,1-3H3. The van der Waals surface area contributed by atoms with E-state index in [1.807, 2.05) is 104 Å². The third-order valence-corrected chi connectivity index (χ3v) is 32.4. The van der Waals surface area contributed by atoms with Crippen LogP contribution in [0, 0.1) is 115 Å². The number of Topliss-reactive ketones (excluding diaryl/α,β-unsaturated/α-hetero) is 1. The van der Waals surface area contributed by atoms with Gasteiger partial charge in [-0.1, -0.05) is 83.1 Å². The smallest absolute Gasteiger partial charge is 0.344 e. The van der Waals surface area contributed by atoms with Crippen LogP contribution in [0.5, 0.6) is 0 Å². The fourth-order valence-corrected chi connectivity index (χ4v) is 22.1. The van der Waals surface area contributed by atoms with Crippen molar-refractivity contribution in [1.82, 2.24) is 0 Å². The molecule has 6 heterocycles. The van der Waals surface area contributed by atoms with E-state index in [0.717, 1.165) is 80.5 Å². The molecule has 0 aromatic rings. The van der Waals surface area contributed by atoms with E-state index < -0.39 is 64.2 Å². The highest BCUT2D eigenvalue weighted by atomic mass is 16.7. The quantitative estimate of drug-likeness (QED) is 0.0269. The summed E-state index contributed by atoms with van der Waals surface area (Å²) in [5.41, 5.74) is -3.01. The fourth-order valence-electron chi connectivity index (χ4n) is 22.1. The molecule has 6 saturated heterocycles. The van der Waals surface area contributed by atoms with Gasteiger partial charge in [-0.2, -0.15) is 0 Å². The number of ether oxygens (including phenoxy) is 17. The zero-order valence-corrected chi connectivity index (χ0v) is 82.6. The number of esters is 9. The van der Waals surface area contributed by atoms with E-state index in [-0.39, 0.29) is 162 Å². The van der Waals surface area contributed by atoms with Gasteiger partial charge >= 0.3 is 53.7 Å². The van der Waals surface area contributed by atoms with Crippen molar-refractivity contribution in [3.05, 3.63) is 0 Å². The van der Waals surface area contributed by atoms with Gasteiger partial charge in [0.1, 0.15) is 92.1 Å². The van der Waals surface area contributed by atoms with E-state index >= 15 is 0 Å². The van der Waals surface area contributed by atoms with Gasteiger partial charge in [0, 0.05) is 17.8 Å². The Bertz CT molecular complexity index is 3710. The van der Waals surface area contributed by atoms with E-state index in [0.29, 0.717) is 82.9 Å². The lowest BCUT2D eigenvalue weighted by Gasteiger charge is -2.62. The molecule has 0 spiro atoms. The van der Waals surface area contributed by atoms with Crippen molar-refractivity contribution in [2.24, 2.45) is 115 Å². The summed E-state index contributed by atoms with van der Waals surface area (Å²) in [6.45, 7) is 51.5. The van der Waals surface area contributed by atoms with Crippen LogP contribution in [0.25, 0.3) is 0 Å². The predicted molar refractivity (Wildman–Crippen MR) is 474 cm³/mol. The molecule has 17 rings (SSSR count). The first-order chi connectivity index (χ1) is 60.0. The number of hydrogen-bond donors (Lipinski definition) is 0. The largest absolute Gasteiger partial charge is 0.462 e. The van der Waals surface area contributed by atoms with Crippen LogP contribution in [0.3, 0.4) is 0 Å². The molecule has 11 aliphatic carbocycles. The summed E-state index contributed by atoms with van der Waals surface area (Å²) in [5, 5.41) is 0. The van der Waals surface area contributed by atoms with Gasteiger partial charge in [0.05, 0.1) is 84.0 Å². The van der Waals surface area contributed by atoms with Crippen LogP contribution in [0.1, 0.15) is 321 Å². The van der Waals surface area contributed by atoms with Gasteiger partial charge in [0.15, 0.2) is 18.8 Å². The van der Waals surface area contributed by atoms with E-state index in [2.05, 4.69) is 48.5 Å². The maximum Gasteiger partial charge on any atom is 0.344 e. The Morgan fingerprint density at radius 2 is 0.852 bits per heavy atom. The van der Waals surface area contributed by atoms with Crippen molar-refractivity contribution in [3.8, 4) is 0 Å². The van der Waals surface area contributed by atoms with Crippen molar-refractivity contribution >= 4 is 59.5 Å². The van der Waals surface area contributed by atoms with Gasteiger partial charge in [-0.15, -0.1) is 0 Å². The molecule has 27 nitrogen and oxygen atoms in total. The molecule has 128 heavy (non-hydrogen) atoms. The number of cyclic esters (lactones) is 1. The van der Waals surface area contributed by atoms with Crippen LogP contribution in [0.2, 0.25) is 0 Å². The maximum absolute atomic E-state index is 12.8. The molecular formula is C101H164O27. The van der Waals surface area contributed by atoms with Crippen LogP contribution in [-0.2, 0) is 128 Å². The first-order valence-corrected chi connectivity index (χ1v) is 49.2. The number of ketones is 1. The van der Waals surface area contributed by atoms with Gasteiger partial charge < -0.3 is 80.5 Å². The minimum Gasteiger partial charge on any atom is -0.462 e. The Hall–Kier alpha value is -5.42. The first-order valence-electron chi connectivity index (χ1n) is 49.2. The average molecular weight is 1810 g/mol. The van der Waals surface area contributed by atoms with Crippen molar-refractivity contribution in [2.45, 2.75) is 405 Å².